The van der Waals surface area contributed by atoms with Gasteiger partial charge in [0.2, 0.25) is 5.91 Å². The summed E-state index contributed by atoms with van der Waals surface area (Å²) in [4.78, 5) is 19.8. The van der Waals surface area contributed by atoms with Crippen molar-refractivity contribution in [3.63, 3.8) is 0 Å². The smallest absolute Gasteiger partial charge is 0.225 e. The molecule has 2 saturated carbocycles. The van der Waals surface area contributed by atoms with Crippen LogP contribution in [0.2, 0.25) is 0 Å². The van der Waals surface area contributed by atoms with E-state index in [1.54, 1.807) is 6.92 Å². The Morgan fingerprint density at radius 1 is 0.914 bits per heavy atom. The number of amidine groups is 1. The molecule has 0 saturated heterocycles. The van der Waals surface area contributed by atoms with E-state index in [2.05, 4.69) is 65.8 Å². The lowest BCUT2D eigenvalue weighted by atomic mass is 9.87. The first kappa shape index (κ1) is 28.4. The van der Waals surface area contributed by atoms with E-state index in [9.17, 15) is 4.79 Å². The maximum atomic E-state index is 12.6. The fraction of sp³-hybridized carbons (Fsp3) is 0.742. The monoisotopic (exact) mass is 498 g/mol. The molecule has 0 aromatic heterocycles. The molecule has 1 aromatic carbocycles. The molecule has 196 valence electrons. The summed E-state index contributed by atoms with van der Waals surface area (Å²) in [5.41, 5.74) is 3.01. The first-order valence-electron chi connectivity index (χ1n) is 14.3. The number of benzene rings is 1. The fourth-order valence-corrected chi connectivity index (χ4v) is 9.71. The molecule has 1 amide bonds. The van der Waals surface area contributed by atoms with Crippen molar-refractivity contribution in [2.24, 2.45) is 16.3 Å². The van der Waals surface area contributed by atoms with E-state index in [0.29, 0.717) is 6.54 Å². The zero-order valence-electron chi connectivity index (χ0n) is 23.6. The standard InChI is InChI=1S/C27H41N2OP.C4H10/c1-20(30)29-19-25(27(2,3)4)28-26(29)23-17-11-12-18-24(23)31(21-13-7-5-8-14-21)22-15-9-6-10-16-22;1-4(2)3/h11-12,17-18,21-22,25H,5-10,13-16,19H2,1-4H3;4H,1-3H3. The Hall–Kier alpha value is -1.21. The van der Waals surface area contributed by atoms with Crippen LogP contribution in [0.4, 0.5) is 0 Å². The van der Waals surface area contributed by atoms with Crippen LogP contribution in [-0.4, -0.2) is 40.5 Å². The summed E-state index contributed by atoms with van der Waals surface area (Å²) in [6.07, 6.45) is 14.0. The number of amides is 1. The van der Waals surface area contributed by atoms with Crippen molar-refractivity contribution in [2.75, 3.05) is 6.54 Å². The van der Waals surface area contributed by atoms with E-state index >= 15 is 0 Å². The lowest BCUT2D eigenvalue weighted by Gasteiger charge is -2.39. The molecule has 1 atom stereocenters. The molecule has 35 heavy (non-hydrogen) atoms. The summed E-state index contributed by atoms with van der Waals surface area (Å²) in [7, 11) is -0.228. The third-order valence-electron chi connectivity index (χ3n) is 7.63. The Bertz CT molecular complexity index is 823. The number of hydrogen-bond acceptors (Lipinski definition) is 2. The van der Waals surface area contributed by atoms with Gasteiger partial charge >= 0.3 is 0 Å². The first-order valence-corrected chi connectivity index (χ1v) is 15.8. The summed E-state index contributed by atoms with van der Waals surface area (Å²) >= 11 is 0. The molecule has 2 fully saturated rings. The summed E-state index contributed by atoms with van der Waals surface area (Å²) in [5, 5.41) is 1.54. The number of hydrogen-bond donors (Lipinski definition) is 0. The molecule has 0 bridgehead atoms. The molecule has 4 heteroatoms. The molecule has 0 N–H and O–H groups in total. The highest BCUT2D eigenvalue weighted by molar-refractivity contribution is 7.67. The molecular formula is C31H51N2OP. The van der Waals surface area contributed by atoms with Gasteiger partial charge in [0.1, 0.15) is 5.84 Å². The van der Waals surface area contributed by atoms with Crippen molar-refractivity contribution in [1.29, 1.82) is 0 Å². The number of aliphatic imine (C=N–C) groups is 1. The van der Waals surface area contributed by atoms with Crippen molar-refractivity contribution in [1.82, 2.24) is 4.90 Å². The van der Waals surface area contributed by atoms with Gasteiger partial charge in [-0.2, -0.15) is 0 Å². The van der Waals surface area contributed by atoms with Crippen LogP contribution < -0.4 is 5.30 Å². The zero-order valence-corrected chi connectivity index (χ0v) is 24.5. The molecule has 1 unspecified atom stereocenters. The quantitative estimate of drug-likeness (QED) is 0.386. The molecule has 4 rings (SSSR count). The molecule has 1 heterocycles. The molecule has 3 nitrogen and oxygen atoms in total. The van der Waals surface area contributed by atoms with Crippen LogP contribution in [0.1, 0.15) is 118 Å². The fourth-order valence-electron chi connectivity index (χ4n) is 5.78. The molecule has 2 aliphatic carbocycles. The zero-order chi connectivity index (χ0) is 25.6. The second-order valence-electron chi connectivity index (χ2n) is 12.7. The van der Waals surface area contributed by atoms with E-state index in [4.69, 9.17) is 4.99 Å². The van der Waals surface area contributed by atoms with Crippen LogP contribution in [0.3, 0.4) is 0 Å². The molecule has 1 aromatic rings. The highest BCUT2D eigenvalue weighted by Gasteiger charge is 2.39. The van der Waals surface area contributed by atoms with E-state index in [1.165, 1.54) is 75.1 Å². The van der Waals surface area contributed by atoms with E-state index in [1.807, 2.05) is 4.90 Å². The van der Waals surface area contributed by atoms with Gasteiger partial charge in [0.25, 0.3) is 0 Å². The second-order valence-corrected chi connectivity index (χ2v) is 15.5. The SMILES string of the molecule is CC(=O)N1CC(C(C)(C)C)N=C1c1ccccc1P(C1CCCCC1)C1CCCCC1.CC(C)C. The van der Waals surface area contributed by atoms with Crippen LogP contribution in [-0.2, 0) is 4.79 Å². The Morgan fingerprint density at radius 3 is 1.86 bits per heavy atom. The van der Waals surface area contributed by atoms with Crippen LogP contribution in [0.15, 0.2) is 29.3 Å². The maximum Gasteiger partial charge on any atom is 0.225 e. The van der Waals surface area contributed by atoms with E-state index in [-0.39, 0.29) is 25.3 Å². The van der Waals surface area contributed by atoms with Crippen molar-refractivity contribution >= 4 is 25.0 Å². The minimum absolute atomic E-state index is 0.0574. The topological polar surface area (TPSA) is 32.7 Å². The lowest BCUT2D eigenvalue weighted by molar-refractivity contribution is -0.125. The Labute approximate surface area is 217 Å². The van der Waals surface area contributed by atoms with Gasteiger partial charge in [-0.1, -0.05) is 112 Å². The molecule has 3 aliphatic rings. The summed E-state index contributed by atoms with van der Waals surface area (Å²) in [6, 6.07) is 9.20. The van der Waals surface area contributed by atoms with Gasteiger partial charge in [0.05, 0.1) is 12.6 Å². The number of carbonyl (C=O) groups excluding carboxylic acids is 1. The second kappa shape index (κ2) is 12.8. The predicted molar refractivity (Wildman–Crippen MR) is 154 cm³/mol. The van der Waals surface area contributed by atoms with Crippen LogP contribution in [0, 0.1) is 11.3 Å². The van der Waals surface area contributed by atoms with Crippen LogP contribution >= 0.6 is 7.92 Å². The average Bonchev–Trinajstić information content (AvgIpc) is 3.27. The average molecular weight is 499 g/mol. The minimum Gasteiger partial charge on any atom is -0.295 e. The maximum absolute atomic E-state index is 12.6. The lowest BCUT2D eigenvalue weighted by Crippen LogP contribution is -2.39. The van der Waals surface area contributed by atoms with Gasteiger partial charge in [0.15, 0.2) is 0 Å². The minimum atomic E-state index is -0.228. The van der Waals surface area contributed by atoms with Crippen molar-refractivity contribution in [3.8, 4) is 0 Å². The van der Waals surface area contributed by atoms with Crippen LogP contribution in [0.5, 0.6) is 0 Å². The molecular weight excluding hydrogens is 447 g/mol. The first-order chi connectivity index (χ1) is 16.6. The number of rotatable bonds is 4. The molecule has 0 spiro atoms. The highest BCUT2D eigenvalue weighted by Crippen LogP contribution is 2.55. The third kappa shape index (κ3) is 7.64. The van der Waals surface area contributed by atoms with Gasteiger partial charge in [0, 0.05) is 12.5 Å². The third-order valence-corrected chi connectivity index (χ3v) is 11.2. The largest absolute Gasteiger partial charge is 0.295 e. The highest BCUT2D eigenvalue weighted by atomic mass is 31.1. The number of nitrogens with zero attached hydrogens (tertiary/aromatic N) is 2. The summed E-state index contributed by atoms with van der Waals surface area (Å²) in [6.45, 7) is 15.6. The number of carbonyl (C=O) groups is 1. The van der Waals surface area contributed by atoms with Crippen LogP contribution in [0.25, 0.3) is 0 Å². The Morgan fingerprint density at radius 2 is 1.40 bits per heavy atom. The van der Waals surface area contributed by atoms with E-state index in [0.717, 1.165) is 23.1 Å². The molecule has 0 radical (unpaired) electrons. The van der Waals surface area contributed by atoms with Gasteiger partial charge in [-0.05, 0) is 53.6 Å². The molecule has 1 aliphatic heterocycles. The Balaban J connectivity index is 0.000000795. The van der Waals surface area contributed by atoms with Gasteiger partial charge in [-0.25, -0.2) is 0 Å². The van der Waals surface area contributed by atoms with Crippen molar-refractivity contribution in [2.45, 2.75) is 130 Å². The Kier molecular flexibility index (Phi) is 10.4. The van der Waals surface area contributed by atoms with Gasteiger partial charge in [-0.15, -0.1) is 0 Å². The summed E-state index contributed by atoms with van der Waals surface area (Å²) < 4.78 is 0. The van der Waals surface area contributed by atoms with Gasteiger partial charge < -0.3 is 0 Å². The van der Waals surface area contributed by atoms with Crippen molar-refractivity contribution in [3.05, 3.63) is 29.8 Å². The normalized spacial score (nSPS) is 22.3. The van der Waals surface area contributed by atoms with Gasteiger partial charge in [-0.3, -0.25) is 14.7 Å². The van der Waals surface area contributed by atoms with E-state index < -0.39 is 0 Å². The van der Waals surface area contributed by atoms with Crippen molar-refractivity contribution < 1.29 is 4.79 Å². The predicted octanol–water partition coefficient (Wildman–Crippen LogP) is 8.14. The summed E-state index contributed by atoms with van der Waals surface area (Å²) in [5.74, 6) is 1.90.